The molecule has 0 bridgehead atoms. The summed E-state index contributed by atoms with van der Waals surface area (Å²) < 4.78 is 29.8. The van der Waals surface area contributed by atoms with Crippen LogP contribution in [-0.4, -0.2) is 42.0 Å². The number of sulfonamides is 1. The molecule has 0 amide bonds. The van der Waals surface area contributed by atoms with Gasteiger partial charge in [0.1, 0.15) is 0 Å². The first-order chi connectivity index (χ1) is 19.4. The van der Waals surface area contributed by atoms with E-state index in [4.69, 9.17) is 0 Å². The number of rotatable bonds is 10. The van der Waals surface area contributed by atoms with Gasteiger partial charge in [-0.3, -0.25) is 9.69 Å². The van der Waals surface area contributed by atoms with Crippen molar-refractivity contribution in [3.05, 3.63) is 138 Å². The molecule has 5 rings (SSSR count). The second-order valence-corrected chi connectivity index (χ2v) is 12.5. The fraction of sp³-hybridized carbons (Fsp3) is 0.265. The summed E-state index contributed by atoms with van der Waals surface area (Å²) in [6, 6.07) is 36.1. The maximum atomic E-state index is 14.1. The molecule has 1 saturated heterocycles. The quantitative estimate of drug-likeness (QED) is 0.211. The highest BCUT2D eigenvalue weighted by Crippen LogP contribution is 2.33. The van der Waals surface area contributed by atoms with Gasteiger partial charge in [-0.05, 0) is 43.0 Å². The van der Waals surface area contributed by atoms with E-state index in [-0.39, 0.29) is 23.1 Å². The summed E-state index contributed by atoms with van der Waals surface area (Å²) in [7, 11) is -3.81. The average Bonchev–Trinajstić information content (AvgIpc) is 2.98. The van der Waals surface area contributed by atoms with Crippen LogP contribution >= 0.6 is 0 Å². The van der Waals surface area contributed by atoms with Crippen LogP contribution in [0.3, 0.4) is 0 Å². The zero-order chi connectivity index (χ0) is 28.0. The summed E-state index contributed by atoms with van der Waals surface area (Å²) in [5.74, 6) is -0.0408. The van der Waals surface area contributed by atoms with E-state index in [1.807, 2.05) is 85.8 Å². The van der Waals surface area contributed by atoms with Crippen LogP contribution in [0.25, 0.3) is 0 Å². The highest BCUT2D eigenvalue weighted by Gasteiger charge is 2.42. The van der Waals surface area contributed by atoms with Gasteiger partial charge < -0.3 is 0 Å². The van der Waals surface area contributed by atoms with Crippen molar-refractivity contribution in [2.24, 2.45) is 0 Å². The van der Waals surface area contributed by atoms with Crippen LogP contribution in [0.1, 0.15) is 46.3 Å². The van der Waals surface area contributed by atoms with Crippen molar-refractivity contribution in [1.82, 2.24) is 9.21 Å². The summed E-state index contributed by atoms with van der Waals surface area (Å²) in [5, 5.41) is 0. The van der Waals surface area contributed by atoms with E-state index in [1.54, 1.807) is 16.4 Å². The van der Waals surface area contributed by atoms with Crippen molar-refractivity contribution in [3.8, 4) is 0 Å². The van der Waals surface area contributed by atoms with E-state index in [0.29, 0.717) is 25.2 Å². The summed E-state index contributed by atoms with van der Waals surface area (Å²) in [6.45, 7) is 3.66. The maximum absolute atomic E-state index is 14.1. The van der Waals surface area contributed by atoms with Crippen molar-refractivity contribution in [3.63, 3.8) is 0 Å². The van der Waals surface area contributed by atoms with Gasteiger partial charge in [-0.15, -0.1) is 0 Å². The number of carbonyl (C=O) groups excluding carboxylic acids is 1. The third-order valence-electron chi connectivity index (χ3n) is 7.74. The zero-order valence-corrected chi connectivity index (χ0v) is 23.7. The van der Waals surface area contributed by atoms with Gasteiger partial charge >= 0.3 is 0 Å². The van der Waals surface area contributed by atoms with Gasteiger partial charge in [0.05, 0.1) is 4.90 Å². The molecule has 0 unspecified atom stereocenters. The smallest absolute Gasteiger partial charge is 0.243 e. The third-order valence-corrected chi connectivity index (χ3v) is 9.68. The zero-order valence-electron chi connectivity index (χ0n) is 22.9. The van der Waals surface area contributed by atoms with Gasteiger partial charge in [0.2, 0.25) is 10.0 Å². The second-order valence-electron chi connectivity index (χ2n) is 10.6. The Kier molecular flexibility index (Phi) is 8.90. The number of Topliss-reactive ketones (excluding diaryl/α,β-unsaturated/α-hetero) is 1. The highest BCUT2D eigenvalue weighted by molar-refractivity contribution is 7.89. The number of benzene rings is 4. The molecule has 5 nitrogen and oxygen atoms in total. The normalized spacial score (nSPS) is 18.1. The highest BCUT2D eigenvalue weighted by atomic mass is 32.2. The molecule has 206 valence electrons. The number of nitrogens with zero attached hydrogens (tertiary/aromatic N) is 2. The van der Waals surface area contributed by atoms with Crippen molar-refractivity contribution in [2.45, 2.75) is 56.3 Å². The third kappa shape index (κ3) is 6.58. The molecule has 6 heteroatoms. The van der Waals surface area contributed by atoms with E-state index >= 15 is 0 Å². The Hall–Kier alpha value is -3.58. The first-order valence-corrected chi connectivity index (χ1v) is 15.3. The van der Waals surface area contributed by atoms with Crippen molar-refractivity contribution >= 4 is 15.8 Å². The fourth-order valence-electron chi connectivity index (χ4n) is 5.67. The van der Waals surface area contributed by atoms with E-state index in [1.165, 1.54) is 0 Å². The SMILES string of the molecule is Cc1ccc(S(=O)(=O)N2CCC[C@H](N(Cc3ccccc3)Cc3ccccc3)[C@@H]2CC(=O)c2ccccc2)cc1. The molecule has 4 aromatic rings. The Balaban J connectivity index is 1.55. The first kappa shape index (κ1) is 28.0. The lowest BCUT2D eigenvalue weighted by Crippen LogP contribution is -2.57. The molecular weight excluding hydrogens is 516 g/mol. The lowest BCUT2D eigenvalue weighted by Gasteiger charge is -2.45. The monoisotopic (exact) mass is 552 g/mol. The molecule has 0 N–H and O–H groups in total. The molecule has 0 spiro atoms. The average molecular weight is 553 g/mol. The molecule has 0 saturated carbocycles. The number of carbonyl (C=O) groups is 1. The molecule has 2 atom stereocenters. The molecule has 0 radical (unpaired) electrons. The number of hydrogen-bond donors (Lipinski definition) is 0. The Labute approximate surface area is 238 Å². The van der Waals surface area contributed by atoms with E-state index < -0.39 is 16.1 Å². The van der Waals surface area contributed by atoms with Crippen LogP contribution in [0.4, 0.5) is 0 Å². The first-order valence-electron chi connectivity index (χ1n) is 13.9. The van der Waals surface area contributed by atoms with Gasteiger partial charge in [0.25, 0.3) is 0 Å². The van der Waals surface area contributed by atoms with Crippen molar-refractivity contribution in [1.29, 1.82) is 0 Å². The van der Waals surface area contributed by atoms with Crippen LogP contribution < -0.4 is 0 Å². The molecule has 1 fully saturated rings. The lowest BCUT2D eigenvalue weighted by atomic mass is 9.90. The fourth-order valence-corrected chi connectivity index (χ4v) is 7.36. The summed E-state index contributed by atoms with van der Waals surface area (Å²) in [6.07, 6.45) is 1.66. The molecule has 1 aliphatic heterocycles. The van der Waals surface area contributed by atoms with Crippen LogP contribution in [-0.2, 0) is 23.1 Å². The summed E-state index contributed by atoms with van der Waals surface area (Å²) in [4.78, 5) is 16.2. The van der Waals surface area contributed by atoms with Crippen LogP contribution in [0, 0.1) is 6.92 Å². The molecule has 0 aliphatic carbocycles. The molecule has 0 aromatic heterocycles. The Morgan fingerprint density at radius 2 is 1.30 bits per heavy atom. The molecule has 4 aromatic carbocycles. The van der Waals surface area contributed by atoms with Crippen molar-refractivity contribution in [2.75, 3.05) is 6.54 Å². The van der Waals surface area contributed by atoms with Gasteiger partial charge in [-0.2, -0.15) is 4.31 Å². The minimum Gasteiger partial charge on any atom is -0.294 e. The van der Waals surface area contributed by atoms with Gasteiger partial charge in [-0.25, -0.2) is 8.42 Å². The minimum atomic E-state index is -3.81. The van der Waals surface area contributed by atoms with E-state index in [0.717, 1.165) is 29.5 Å². The van der Waals surface area contributed by atoms with E-state index in [9.17, 15) is 13.2 Å². The Morgan fingerprint density at radius 3 is 1.85 bits per heavy atom. The maximum Gasteiger partial charge on any atom is 0.243 e. The van der Waals surface area contributed by atoms with Crippen molar-refractivity contribution < 1.29 is 13.2 Å². The predicted octanol–water partition coefficient (Wildman–Crippen LogP) is 6.49. The van der Waals surface area contributed by atoms with Gasteiger partial charge in [0, 0.05) is 43.7 Å². The molecule has 1 heterocycles. The minimum absolute atomic E-state index is 0.0408. The molecular formula is C34H36N2O3S. The summed E-state index contributed by atoms with van der Waals surface area (Å²) >= 11 is 0. The number of ketones is 1. The number of aryl methyl sites for hydroxylation is 1. The predicted molar refractivity (Wildman–Crippen MR) is 159 cm³/mol. The van der Waals surface area contributed by atoms with Gasteiger partial charge in [0.15, 0.2) is 5.78 Å². The lowest BCUT2D eigenvalue weighted by molar-refractivity contribution is 0.0608. The largest absolute Gasteiger partial charge is 0.294 e. The topological polar surface area (TPSA) is 57.7 Å². The molecule has 40 heavy (non-hydrogen) atoms. The van der Waals surface area contributed by atoms with Crippen LogP contribution in [0.5, 0.6) is 0 Å². The number of hydrogen-bond acceptors (Lipinski definition) is 4. The van der Waals surface area contributed by atoms with Gasteiger partial charge in [-0.1, -0.05) is 109 Å². The summed E-state index contributed by atoms with van der Waals surface area (Å²) in [5.41, 5.74) is 3.93. The van der Waals surface area contributed by atoms with Crippen LogP contribution in [0.15, 0.2) is 120 Å². The second kappa shape index (κ2) is 12.7. The Morgan fingerprint density at radius 1 is 0.775 bits per heavy atom. The number of piperidine rings is 1. The Bertz CT molecular complexity index is 1450. The van der Waals surface area contributed by atoms with E-state index in [2.05, 4.69) is 29.2 Å². The molecule has 1 aliphatic rings. The van der Waals surface area contributed by atoms with Crippen LogP contribution in [0.2, 0.25) is 0 Å². The standard InChI is InChI=1S/C34H36N2O3S/c1-27-19-21-31(22-20-27)40(38,39)36-23-11-18-32(33(36)24-34(37)30-16-9-4-10-17-30)35(25-28-12-5-2-6-13-28)26-29-14-7-3-8-15-29/h2-10,12-17,19-22,32-33H,11,18,23-26H2,1H3/t32-,33-/m0/s1.